The van der Waals surface area contributed by atoms with Crippen LogP contribution in [0.3, 0.4) is 0 Å². The minimum Gasteiger partial charge on any atom is -0.339 e. The Balaban J connectivity index is 1.45. The Labute approximate surface area is 157 Å². The quantitative estimate of drug-likeness (QED) is 0.863. The van der Waals surface area contributed by atoms with Gasteiger partial charge in [0.15, 0.2) is 0 Å². The van der Waals surface area contributed by atoms with E-state index < -0.39 is 0 Å². The summed E-state index contributed by atoms with van der Waals surface area (Å²) in [7, 11) is 0. The molecule has 0 atom stereocenters. The fourth-order valence-electron chi connectivity index (χ4n) is 3.35. The van der Waals surface area contributed by atoms with Crippen LogP contribution in [0.1, 0.15) is 30.6 Å². The summed E-state index contributed by atoms with van der Waals surface area (Å²) in [6, 6.07) is 3.88. The fraction of sp³-hybridized carbons (Fsp3) is 0.611. The van der Waals surface area contributed by atoms with E-state index in [0.717, 1.165) is 24.1 Å². The van der Waals surface area contributed by atoms with Crippen molar-refractivity contribution in [1.82, 2.24) is 20.0 Å². The van der Waals surface area contributed by atoms with Gasteiger partial charge in [-0.2, -0.15) is 0 Å². The van der Waals surface area contributed by atoms with Crippen LogP contribution in [-0.2, 0) is 16.1 Å². The van der Waals surface area contributed by atoms with E-state index in [0.29, 0.717) is 45.7 Å². The summed E-state index contributed by atoms with van der Waals surface area (Å²) in [4.78, 5) is 43.1. The minimum atomic E-state index is -0.0843. The summed E-state index contributed by atoms with van der Waals surface area (Å²) < 4.78 is 0. The largest absolute Gasteiger partial charge is 0.339 e. The van der Waals surface area contributed by atoms with Crippen LogP contribution in [0.15, 0.2) is 17.5 Å². The van der Waals surface area contributed by atoms with Gasteiger partial charge >= 0.3 is 6.03 Å². The number of hydrogen-bond acceptors (Lipinski definition) is 4. The van der Waals surface area contributed by atoms with E-state index in [1.165, 1.54) is 0 Å². The molecule has 2 saturated heterocycles. The van der Waals surface area contributed by atoms with Crippen LogP contribution in [0, 0.1) is 0 Å². The first-order valence-electron chi connectivity index (χ1n) is 9.24. The summed E-state index contributed by atoms with van der Waals surface area (Å²) in [6.07, 6.45) is 3.19. The van der Waals surface area contributed by atoms with Gasteiger partial charge in [0.05, 0.1) is 13.1 Å². The highest BCUT2D eigenvalue weighted by Crippen LogP contribution is 2.12. The van der Waals surface area contributed by atoms with Crippen molar-refractivity contribution in [3.63, 3.8) is 0 Å². The number of piperidine rings is 1. The highest BCUT2D eigenvalue weighted by Gasteiger charge is 2.26. The monoisotopic (exact) mass is 378 g/mol. The molecule has 26 heavy (non-hydrogen) atoms. The number of nitrogens with zero attached hydrogens (tertiary/aromatic N) is 3. The first-order valence-corrected chi connectivity index (χ1v) is 10.1. The normalized spacial score (nSPS) is 18.6. The Hall–Kier alpha value is -2.09. The predicted octanol–water partition coefficient (Wildman–Crippen LogP) is 1.50. The van der Waals surface area contributed by atoms with Crippen LogP contribution in [0.25, 0.3) is 0 Å². The van der Waals surface area contributed by atoms with Crippen LogP contribution < -0.4 is 5.32 Å². The third-order valence-electron chi connectivity index (χ3n) is 4.88. The van der Waals surface area contributed by atoms with E-state index in [4.69, 9.17) is 0 Å². The Bertz CT molecular complexity index is 634. The zero-order valence-electron chi connectivity index (χ0n) is 15.0. The van der Waals surface area contributed by atoms with Gasteiger partial charge < -0.3 is 20.0 Å². The fourth-order valence-corrected chi connectivity index (χ4v) is 3.99. The van der Waals surface area contributed by atoms with Crippen LogP contribution >= 0.6 is 11.3 Å². The smallest absolute Gasteiger partial charge is 0.317 e. The standard InChI is InChI=1S/C18H26N4O3S/c23-16-6-1-2-7-22(16)14-17(24)20-8-4-9-21(11-10-20)18(25)19-13-15-5-3-12-26-15/h3,5,12H,1-2,4,6-11,13-14H2,(H,19,25). The van der Waals surface area contributed by atoms with Gasteiger partial charge in [0.2, 0.25) is 11.8 Å². The summed E-state index contributed by atoms with van der Waals surface area (Å²) in [5.41, 5.74) is 0. The van der Waals surface area contributed by atoms with Crippen molar-refractivity contribution in [1.29, 1.82) is 0 Å². The molecule has 0 aromatic carbocycles. The third kappa shape index (κ3) is 4.97. The maximum atomic E-state index is 12.5. The maximum Gasteiger partial charge on any atom is 0.317 e. The number of rotatable bonds is 4. The van der Waals surface area contributed by atoms with Gasteiger partial charge in [-0.1, -0.05) is 6.07 Å². The number of carbonyl (C=O) groups is 3. The predicted molar refractivity (Wildman–Crippen MR) is 99.8 cm³/mol. The SMILES string of the molecule is O=C(CN1CCCCC1=O)N1CCCN(C(=O)NCc2cccs2)CC1. The highest BCUT2D eigenvalue weighted by molar-refractivity contribution is 7.09. The molecule has 4 amide bonds. The van der Waals surface area contributed by atoms with E-state index in [9.17, 15) is 14.4 Å². The van der Waals surface area contributed by atoms with E-state index in [1.54, 1.807) is 26.0 Å². The van der Waals surface area contributed by atoms with Gasteiger partial charge in [-0.25, -0.2) is 4.79 Å². The second-order valence-corrected chi connectivity index (χ2v) is 7.76. The molecule has 2 aliphatic rings. The van der Waals surface area contributed by atoms with Gasteiger partial charge in [-0.3, -0.25) is 9.59 Å². The lowest BCUT2D eigenvalue weighted by Gasteiger charge is -2.29. The van der Waals surface area contributed by atoms with Crippen molar-refractivity contribution in [2.75, 3.05) is 39.3 Å². The Kier molecular flexibility index (Phi) is 6.49. The van der Waals surface area contributed by atoms with Crippen LogP contribution in [-0.4, -0.2) is 71.8 Å². The Morgan fingerprint density at radius 2 is 1.85 bits per heavy atom. The molecule has 0 saturated carbocycles. The molecule has 7 nitrogen and oxygen atoms in total. The van der Waals surface area contributed by atoms with Crippen LogP contribution in [0.5, 0.6) is 0 Å². The van der Waals surface area contributed by atoms with E-state index in [1.807, 2.05) is 17.5 Å². The van der Waals surface area contributed by atoms with Crippen molar-refractivity contribution < 1.29 is 14.4 Å². The molecule has 1 aromatic heterocycles. The molecule has 2 aliphatic heterocycles. The summed E-state index contributed by atoms with van der Waals surface area (Å²) >= 11 is 1.62. The summed E-state index contributed by atoms with van der Waals surface area (Å²) in [5.74, 6) is 0.0649. The van der Waals surface area contributed by atoms with Crippen molar-refractivity contribution >= 4 is 29.2 Å². The van der Waals surface area contributed by atoms with E-state index in [-0.39, 0.29) is 24.4 Å². The lowest BCUT2D eigenvalue weighted by molar-refractivity contribution is -0.141. The van der Waals surface area contributed by atoms with Gasteiger partial charge in [-0.05, 0) is 30.7 Å². The van der Waals surface area contributed by atoms with Gasteiger partial charge in [-0.15, -0.1) is 11.3 Å². The number of hydrogen-bond donors (Lipinski definition) is 1. The average Bonchev–Trinajstić information content (AvgIpc) is 3.04. The third-order valence-corrected chi connectivity index (χ3v) is 5.75. The molecule has 142 valence electrons. The van der Waals surface area contributed by atoms with Gasteiger partial charge in [0, 0.05) is 44.0 Å². The first-order chi connectivity index (χ1) is 12.6. The summed E-state index contributed by atoms with van der Waals surface area (Å²) in [5, 5.41) is 4.93. The number of nitrogens with one attached hydrogen (secondary N) is 1. The zero-order chi connectivity index (χ0) is 18.4. The van der Waals surface area contributed by atoms with Crippen LogP contribution in [0.4, 0.5) is 4.79 Å². The van der Waals surface area contributed by atoms with E-state index in [2.05, 4.69) is 5.32 Å². The molecule has 8 heteroatoms. The number of carbonyl (C=O) groups excluding carboxylic acids is 3. The zero-order valence-corrected chi connectivity index (χ0v) is 15.8. The Morgan fingerprint density at radius 3 is 2.62 bits per heavy atom. The molecular formula is C18H26N4O3S. The number of thiophene rings is 1. The molecule has 0 radical (unpaired) electrons. The van der Waals surface area contributed by atoms with Crippen LogP contribution in [0.2, 0.25) is 0 Å². The summed E-state index contributed by atoms with van der Waals surface area (Å²) in [6.45, 7) is 3.70. The maximum absolute atomic E-state index is 12.5. The van der Waals surface area contributed by atoms with Crippen molar-refractivity contribution in [3.8, 4) is 0 Å². The second-order valence-electron chi connectivity index (χ2n) is 6.73. The molecule has 0 unspecified atom stereocenters. The molecule has 2 fully saturated rings. The van der Waals surface area contributed by atoms with Crippen molar-refractivity contribution in [3.05, 3.63) is 22.4 Å². The topological polar surface area (TPSA) is 73.0 Å². The minimum absolute atomic E-state index is 0.0129. The highest BCUT2D eigenvalue weighted by atomic mass is 32.1. The van der Waals surface area contributed by atoms with Gasteiger partial charge in [0.1, 0.15) is 0 Å². The number of amides is 4. The molecule has 1 N–H and O–H groups in total. The van der Waals surface area contributed by atoms with Crippen molar-refractivity contribution in [2.45, 2.75) is 32.2 Å². The molecule has 3 rings (SSSR count). The lowest BCUT2D eigenvalue weighted by atomic mass is 10.1. The molecule has 0 aliphatic carbocycles. The Morgan fingerprint density at radius 1 is 1.04 bits per heavy atom. The lowest BCUT2D eigenvalue weighted by Crippen LogP contribution is -2.46. The first kappa shape index (κ1) is 18.7. The molecule has 0 spiro atoms. The number of likely N-dealkylation sites (tertiary alicyclic amines) is 1. The molecule has 0 bridgehead atoms. The van der Waals surface area contributed by atoms with Crippen molar-refractivity contribution in [2.24, 2.45) is 0 Å². The molecule has 1 aromatic rings. The van der Waals surface area contributed by atoms with Gasteiger partial charge in [0.25, 0.3) is 0 Å². The average molecular weight is 378 g/mol. The molecular weight excluding hydrogens is 352 g/mol. The number of urea groups is 1. The second kappa shape index (κ2) is 9.02. The molecule has 3 heterocycles. The van der Waals surface area contributed by atoms with E-state index >= 15 is 0 Å².